The highest BCUT2D eigenvalue weighted by atomic mass is 16.6. The maximum Gasteiger partial charge on any atom is 0.410 e. The molecule has 6 nitrogen and oxygen atoms in total. The number of hydrogen-bond donors (Lipinski definition) is 1. The average molecular weight is 480 g/mol. The van der Waals surface area contributed by atoms with Crippen molar-refractivity contribution in [3.05, 3.63) is 59.7 Å². The first kappa shape index (κ1) is 24.0. The fourth-order valence-corrected chi connectivity index (χ4v) is 5.96. The fourth-order valence-electron chi connectivity index (χ4n) is 5.96. The summed E-state index contributed by atoms with van der Waals surface area (Å²) in [6.45, 7) is 9.11. The lowest BCUT2D eigenvalue weighted by Gasteiger charge is -2.54. The Labute approximate surface area is 208 Å². The first-order valence-corrected chi connectivity index (χ1v) is 12.8. The van der Waals surface area contributed by atoms with Gasteiger partial charge in [-0.3, -0.25) is 0 Å². The number of ether oxygens (including phenoxy) is 3. The third kappa shape index (κ3) is 4.86. The summed E-state index contributed by atoms with van der Waals surface area (Å²) < 4.78 is 19.1. The molecule has 35 heavy (non-hydrogen) atoms. The molecule has 0 aromatic heterocycles. The Morgan fingerprint density at radius 2 is 1.94 bits per heavy atom. The van der Waals surface area contributed by atoms with Gasteiger partial charge in [-0.1, -0.05) is 42.5 Å². The number of carbonyl (C=O) groups is 1. The van der Waals surface area contributed by atoms with E-state index in [2.05, 4.69) is 31.2 Å². The molecule has 1 N–H and O–H groups in total. The maximum absolute atomic E-state index is 12.8. The van der Waals surface area contributed by atoms with Crippen molar-refractivity contribution in [1.29, 1.82) is 0 Å². The quantitative estimate of drug-likeness (QED) is 0.595. The number of benzene rings is 2. The topological polar surface area (TPSA) is 68.2 Å². The van der Waals surface area contributed by atoms with Gasteiger partial charge in [0.2, 0.25) is 0 Å². The fraction of sp³-hybridized carbons (Fsp3) is 0.552. The van der Waals surface area contributed by atoms with Crippen LogP contribution in [0.5, 0.6) is 11.5 Å². The maximum atomic E-state index is 12.8. The van der Waals surface area contributed by atoms with E-state index in [-0.39, 0.29) is 35.9 Å². The van der Waals surface area contributed by atoms with Crippen LogP contribution in [0, 0.1) is 11.8 Å². The Morgan fingerprint density at radius 1 is 1.17 bits per heavy atom. The number of phenolic OH excluding ortho intramolecular Hbond substituents is 1. The molecule has 2 fully saturated rings. The zero-order valence-electron chi connectivity index (χ0n) is 21.2. The molecule has 0 saturated carbocycles. The minimum absolute atomic E-state index is 0.0709. The summed E-state index contributed by atoms with van der Waals surface area (Å²) in [6, 6.07) is 16.0. The minimum atomic E-state index is -0.513. The SMILES string of the molecule is CC(C)(C)OC(=O)N1CC[C@H]2O[C@H]3c4cccc(O)c4O[C@](C)(CCc4ccccc4)[C@@H]3C[C@@H]2C1. The molecule has 0 unspecified atom stereocenters. The van der Waals surface area contributed by atoms with Crippen molar-refractivity contribution in [3.63, 3.8) is 0 Å². The van der Waals surface area contributed by atoms with Gasteiger partial charge in [0.1, 0.15) is 11.2 Å². The molecular formula is C29H37NO5. The highest BCUT2D eigenvalue weighted by molar-refractivity contribution is 5.68. The zero-order valence-corrected chi connectivity index (χ0v) is 21.2. The minimum Gasteiger partial charge on any atom is -0.504 e. The van der Waals surface area contributed by atoms with Crippen LogP contribution in [0.2, 0.25) is 0 Å². The summed E-state index contributed by atoms with van der Waals surface area (Å²) in [5.41, 5.74) is 1.17. The summed E-state index contributed by atoms with van der Waals surface area (Å²) in [5.74, 6) is 1.04. The third-order valence-corrected chi connectivity index (χ3v) is 7.76. The predicted octanol–water partition coefficient (Wildman–Crippen LogP) is 5.88. The monoisotopic (exact) mass is 479 g/mol. The molecule has 3 heterocycles. The number of phenols is 1. The molecule has 6 heteroatoms. The summed E-state index contributed by atoms with van der Waals surface area (Å²) in [4.78, 5) is 14.6. The first-order chi connectivity index (χ1) is 16.6. The molecule has 0 bridgehead atoms. The predicted molar refractivity (Wildman–Crippen MR) is 134 cm³/mol. The van der Waals surface area contributed by atoms with E-state index < -0.39 is 11.2 Å². The van der Waals surface area contributed by atoms with Crippen molar-refractivity contribution in [3.8, 4) is 11.5 Å². The molecule has 188 valence electrons. The number of fused-ring (bicyclic) bond motifs is 4. The number of hydrogen-bond acceptors (Lipinski definition) is 5. The molecule has 0 spiro atoms. The standard InChI is InChI=1S/C29H37NO5/c1-28(2,3)35-27(32)30-16-14-24-20(18-30)17-22-25(33-24)21-11-8-12-23(31)26(21)34-29(22,4)15-13-19-9-6-5-7-10-19/h5-12,20,22,24-25,31H,13-18H2,1-4H3/t20-,22-,24-,25+,29-/m1/s1. The molecule has 5 rings (SSSR count). The number of nitrogens with zero attached hydrogens (tertiary/aromatic N) is 1. The molecule has 0 aliphatic carbocycles. The number of carbonyl (C=O) groups excluding carboxylic acids is 1. The average Bonchev–Trinajstić information content (AvgIpc) is 2.82. The third-order valence-electron chi connectivity index (χ3n) is 7.76. The van der Waals surface area contributed by atoms with Crippen LogP contribution in [0.15, 0.2) is 48.5 Å². The van der Waals surface area contributed by atoms with E-state index in [1.54, 1.807) is 6.07 Å². The number of para-hydroxylation sites is 1. The molecule has 5 atom stereocenters. The van der Waals surface area contributed by atoms with Gasteiger partial charge < -0.3 is 24.2 Å². The molecule has 0 radical (unpaired) electrons. The van der Waals surface area contributed by atoms with Crippen molar-refractivity contribution in [2.45, 2.75) is 76.8 Å². The van der Waals surface area contributed by atoms with E-state index in [9.17, 15) is 9.90 Å². The number of aromatic hydroxyl groups is 1. The van der Waals surface area contributed by atoms with E-state index >= 15 is 0 Å². The van der Waals surface area contributed by atoms with Crippen LogP contribution < -0.4 is 4.74 Å². The first-order valence-electron chi connectivity index (χ1n) is 12.8. The summed E-state index contributed by atoms with van der Waals surface area (Å²) >= 11 is 0. The van der Waals surface area contributed by atoms with Gasteiger partial charge in [0.25, 0.3) is 0 Å². The van der Waals surface area contributed by atoms with Crippen LogP contribution in [-0.4, -0.2) is 46.5 Å². The van der Waals surface area contributed by atoms with E-state index in [0.29, 0.717) is 18.8 Å². The van der Waals surface area contributed by atoms with Gasteiger partial charge >= 0.3 is 6.09 Å². The smallest absolute Gasteiger partial charge is 0.410 e. The lowest BCUT2D eigenvalue weighted by molar-refractivity contribution is -0.191. The largest absolute Gasteiger partial charge is 0.504 e. The highest BCUT2D eigenvalue weighted by Gasteiger charge is 2.53. The molecule has 1 amide bonds. The van der Waals surface area contributed by atoms with Crippen molar-refractivity contribution < 1.29 is 24.1 Å². The molecule has 2 saturated heterocycles. The van der Waals surface area contributed by atoms with E-state index in [0.717, 1.165) is 31.2 Å². The number of rotatable bonds is 3. The van der Waals surface area contributed by atoms with Crippen LogP contribution in [0.25, 0.3) is 0 Å². The van der Waals surface area contributed by atoms with E-state index in [4.69, 9.17) is 14.2 Å². The van der Waals surface area contributed by atoms with Gasteiger partial charge in [-0.15, -0.1) is 0 Å². The van der Waals surface area contributed by atoms with Crippen molar-refractivity contribution in [2.75, 3.05) is 13.1 Å². The molecule has 3 aliphatic heterocycles. The highest BCUT2D eigenvalue weighted by Crippen LogP contribution is 2.56. The van der Waals surface area contributed by atoms with Gasteiger partial charge in [0, 0.05) is 30.5 Å². The zero-order chi connectivity index (χ0) is 24.8. The van der Waals surface area contributed by atoms with Gasteiger partial charge in [-0.2, -0.15) is 0 Å². The van der Waals surface area contributed by atoms with Crippen LogP contribution in [0.1, 0.15) is 64.2 Å². The van der Waals surface area contributed by atoms with Gasteiger partial charge in [0.05, 0.1) is 12.2 Å². The summed E-state index contributed by atoms with van der Waals surface area (Å²) in [7, 11) is 0. The second-order valence-electron chi connectivity index (χ2n) is 11.5. The van der Waals surface area contributed by atoms with Crippen LogP contribution in [-0.2, 0) is 15.9 Å². The van der Waals surface area contributed by atoms with E-state index in [1.165, 1.54) is 5.56 Å². The number of aryl methyl sites for hydroxylation is 1. The molecule has 2 aromatic carbocycles. The number of amides is 1. The lowest BCUT2D eigenvalue weighted by atomic mass is 9.68. The number of likely N-dealkylation sites (tertiary alicyclic amines) is 1. The Morgan fingerprint density at radius 3 is 2.69 bits per heavy atom. The molecule has 2 aromatic rings. The summed E-state index contributed by atoms with van der Waals surface area (Å²) in [5, 5.41) is 10.6. The van der Waals surface area contributed by atoms with Gasteiger partial charge in [-0.25, -0.2) is 4.79 Å². The van der Waals surface area contributed by atoms with Gasteiger partial charge in [-0.05, 0) is 65.0 Å². The second-order valence-corrected chi connectivity index (χ2v) is 11.5. The molecular weight excluding hydrogens is 442 g/mol. The van der Waals surface area contributed by atoms with Crippen molar-refractivity contribution in [2.24, 2.45) is 11.8 Å². The molecule has 3 aliphatic rings. The number of piperidine rings is 1. The summed E-state index contributed by atoms with van der Waals surface area (Å²) in [6.07, 6.45) is 3.05. The van der Waals surface area contributed by atoms with Crippen molar-refractivity contribution in [1.82, 2.24) is 4.90 Å². The Balaban J connectivity index is 1.40. The van der Waals surface area contributed by atoms with Gasteiger partial charge in [0.15, 0.2) is 11.5 Å². The van der Waals surface area contributed by atoms with Crippen molar-refractivity contribution >= 4 is 6.09 Å². The Hall–Kier alpha value is -2.73. The lowest BCUT2D eigenvalue weighted by Crippen LogP contribution is -2.57. The normalized spacial score (nSPS) is 29.9. The van der Waals surface area contributed by atoms with Crippen LogP contribution >= 0.6 is 0 Å². The Bertz CT molecular complexity index is 1060. The van der Waals surface area contributed by atoms with Crippen LogP contribution in [0.3, 0.4) is 0 Å². The second kappa shape index (κ2) is 9.05. The van der Waals surface area contributed by atoms with E-state index in [1.807, 2.05) is 43.9 Å². The van der Waals surface area contributed by atoms with Crippen LogP contribution in [0.4, 0.5) is 4.79 Å². The Kier molecular flexibility index (Phi) is 6.20.